The first kappa shape index (κ1) is 12.3. The van der Waals surface area contributed by atoms with Crippen LogP contribution in [-0.2, 0) is 0 Å². The second-order valence-corrected chi connectivity index (χ2v) is 2.44. The van der Waals surface area contributed by atoms with Gasteiger partial charge in [-0.3, -0.25) is 10.6 Å². The smallest absolute Gasteiger partial charge is 0.289 e. The van der Waals surface area contributed by atoms with E-state index in [-0.39, 0.29) is 0 Å². The molecule has 2 N–H and O–H groups in total. The molecule has 0 aliphatic carbocycles. The highest BCUT2D eigenvalue weighted by molar-refractivity contribution is 6.49. The molecule has 0 atom stereocenters. The Morgan fingerprint density at radius 2 is 1.12 bits per heavy atom. The summed E-state index contributed by atoms with van der Waals surface area (Å²) in [7, 11) is 0. The third-order valence-corrected chi connectivity index (χ3v) is 1.17. The van der Waals surface area contributed by atoms with Gasteiger partial charge in [-0.05, 0) is 0 Å². The number of alkyl halides is 6. The molecule has 1 rings (SSSR count). The van der Waals surface area contributed by atoms with Crippen molar-refractivity contribution in [2.45, 2.75) is 12.6 Å². The zero-order valence-electron chi connectivity index (χ0n) is 7.07. The molecule has 0 saturated carbocycles. The lowest BCUT2D eigenvalue weighted by Gasteiger charge is -2.02. The normalized spacial score (nSPS) is 22.5. The second-order valence-electron chi connectivity index (χ2n) is 2.44. The summed E-state index contributed by atoms with van der Waals surface area (Å²) in [6.07, 6.45) is -10.2. The summed E-state index contributed by atoms with van der Waals surface area (Å²) in [6.45, 7) is 0. The molecule has 0 bridgehead atoms. The summed E-state index contributed by atoms with van der Waals surface area (Å²) in [5.74, 6) is -2.65. The highest BCUT2D eigenvalue weighted by atomic mass is 19.4. The average Bonchev–Trinajstić information content (AvgIpc) is 2.23. The quantitative estimate of drug-likeness (QED) is 0.490. The number of nitrogens with one attached hydrogen (secondary N) is 2. The van der Waals surface area contributed by atoms with E-state index in [0.29, 0.717) is 0 Å². The van der Waals surface area contributed by atoms with Gasteiger partial charge in [0.25, 0.3) is 0 Å². The third kappa shape index (κ3) is 3.74. The fraction of sp³-hybridized carbons (Fsp3) is 0.400. The van der Waals surface area contributed by atoms with E-state index in [1.54, 1.807) is 0 Å². The number of hydrogen-bond donors (Lipinski definition) is 2. The van der Waals surface area contributed by atoms with Gasteiger partial charge in [-0.2, -0.15) is 9.98 Å². The van der Waals surface area contributed by atoms with Gasteiger partial charge >= 0.3 is 18.6 Å². The van der Waals surface area contributed by atoms with Gasteiger partial charge < -0.3 is 0 Å². The molecule has 1 aliphatic heterocycles. The first-order valence-corrected chi connectivity index (χ1v) is 3.48. The number of nitrogens with zero attached hydrogens (tertiary/aromatic N) is 2. The van der Waals surface area contributed by atoms with E-state index in [4.69, 9.17) is 0 Å². The average molecular weight is 248 g/mol. The van der Waals surface area contributed by atoms with E-state index in [0.717, 1.165) is 0 Å². The molecule has 0 aromatic carbocycles. The number of aliphatic imine (C=N–C) groups is 2. The highest BCUT2D eigenvalue weighted by Crippen LogP contribution is 2.19. The molecular weight excluding hydrogens is 246 g/mol. The number of carbonyl (C=O) groups is 1. The summed E-state index contributed by atoms with van der Waals surface area (Å²) in [4.78, 5) is 14.3. The molecule has 0 aromatic rings. The lowest BCUT2D eigenvalue weighted by molar-refractivity contribution is -0.121. The number of amidine groups is 2. The molecule has 1 saturated heterocycles. The molecule has 1 aliphatic rings. The third-order valence-electron chi connectivity index (χ3n) is 1.17. The molecule has 5 nitrogen and oxygen atoms in total. The SMILES string of the molecule is O=C1NC(=NC(F)(F)F)C(=NC(F)(F)F)N1. The molecular formula is C5H2F6N4O. The number of urea groups is 1. The summed E-state index contributed by atoms with van der Waals surface area (Å²) >= 11 is 0. The van der Waals surface area contributed by atoms with Crippen molar-refractivity contribution in [3.63, 3.8) is 0 Å². The van der Waals surface area contributed by atoms with Gasteiger partial charge in [-0.25, -0.2) is 4.79 Å². The maximum atomic E-state index is 11.7. The Balaban J connectivity index is 3.05. The van der Waals surface area contributed by atoms with E-state index >= 15 is 0 Å². The monoisotopic (exact) mass is 248 g/mol. The van der Waals surface area contributed by atoms with Crippen LogP contribution in [0.1, 0.15) is 0 Å². The van der Waals surface area contributed by atoms with E-state index in [2.05, 4.69) is 0 Å². The molecule has 0 spiro atoms. The Hall–Kier alpha value is -1.81. The van der Waals surface area contributed by atoms with Crippen LogP contribution in [0.5, 0.6) is 0 Å². The molecule has 0 unspecified atom stereocenters. The van der Waals surface area contributed by atoms with Gasteiger partial charge in [0.05, 0.1) is 0 Å². The molecule has 0 aromatic heterocycles. The van der Waals surface area contributed by atoms with Gasteiger partial charge in [0.1, 0.15) is 0 Å². The molecule has 2 amide bonds. The maximum absolute atomic E-state index is 11.7. The number of amides is 2. The van der Waals surface area contributed by atoms with Crippen LogP contribution in [0.2, 0.25) is 0 Å². The first-order valence-electron chi connectivity index (χ1n) is 3.48. The minimum atomic E-state index is -5.11. The van der Waals surface area contributed by atoms with Crippen LogP contribution in [0.15, 0.2) is 9.98 Å². The second kappa shape index (κ2) is 3.64. The van der Waals surface area contributed by atoms with Crippen molar-refractivity contribution in [2.24, 2.45) is 9.98 Å². The fourth-order valence-corrected chi connectivity index (χ4v) is 0.780. The van der Waals surface area contributed by atoms with Gasteiger partial charge in [0, 0.05) is 0 Å². The lowest BCUT2D eigenvalue weighted by Crippen LogP contribution is -2.27. The minimum Gasteiger partial charge on any atom is -0.289 e. The first-order chi connectivity index (χ1) is 7.07. The standard InChI is InChI=1S/C5H2F6N4O/c6-4(7,8)14-1-2(13-3(16)12-1)15-5(9,10)11/h(H2,12,13,14,15,16). The van der Waals surface area contributed by atoms with E-state index < -0.39 is 30.3 Å². The predicted molar refractivity (Wildman–Crippen MR) is 38.6 cm³/mol. The van der Waals surface area contributed by atoms with Gasteiger partial charge in [0.2, 0.25) is 0 Å². The lowest BCUT2D eigenvalue weighted by atomic mass is 10.5. The highest BCUT2D eigenvalue weighted by Gasteiger charge is 2.36. The number of rotatable bonds is 0. The van der Waals surface area contributed by atoms with Crippen LogP contribution in [0.25, 0.3) is 0 Å². The molecule has 1 heterocycles. The van der Waals surface area contributed by atoms with Crippen LogP contribution in [0.4, 0.5) is 31.1 Å². The topological polar surface area (TPSA) is 65.8 Å². The summed E-state index contributed by atoms with van der Waals surface area (Å²) in [5, 5.41) is 2.86. The van der Waals surface area contributed by atoms with Gasteiger partial charge in [-0.1, -0.05) is 0 Å². The Bertz CT molecular complexity index is 332. The number of carbonyl (C=O) groups excluding carboxylic acids is 1. The van der Waals surface area contributed by atoms with Crippen molar-refractivity contribution >= 4 is 17.7 Å². The van der Waals surface area contributed by atoms with Crippen LogP contribution < -0.4 is 10.6 Å². The van der Waals surface area contributed by atoms with Gasteiger partial charge in [0.15, 0.2) is 11.7 Å². The maximum Gasteiger partial charge on any atom is 0.505 e. The summed E-state index contributed by atoms with van der Waals surface area (Å²) < 4.78 is 70.4. The summed E-state index contributed by atoms with van der Waals surface area (Å²) in [6, 6.07) is -1.27. The largest absolute Gasteiger partial charge is 0.505 e. The molecule has 1 fully saturated rings. The van der Waals surface area contributed by atoms with E-state index in [9.17, 15) is 31.1 Å². The van der Waals surface area contributed by atoms with Crippen molar-refractivity contribution < 1.29 is 31.1 Å². The Morgan fingerprint density at radius 3 is 1.38 bits per heavy atom. The predicted octanol–water partition coefficient (Wildman–Crippen LogP) is 1.14. The fourth-order valence-electron chi connectivity index (χ4n) is 0.780. The van der Waals surface area contributed by atoms with Crippen LogP contribution in [0.3, 0.4) is 0 Å². The van der Waals surface area contributed by atoms with Crippen molar-refractivity contribution in [2.75, 3.05) is 0 Å². The minimum absolute atomic E-state index is 1.27. The Kier molecular flexibility index (Phi) is 2.79. The zero-order valence-corrected chi connectivity index (χ0v) is 7.07. The molecule has 11 heteroatoms. The Labute approximate surface area is 83.2 Å². The van der Waals surface area contributed by atoms with Crippen LogP contribution in [0, 0.1) is 0 Å². The number of hydrogen-bond acceptors (Lipinski definition) is 3. The van der Waals surface area contributed by atoms with Crippen LogP contribution in [-0.4, -0.2) is 30.3 Å². The Morgan fingerprint density at radius 1 is 0.812 bits per heavy atom. The van der Waals surface area contributed by atoms with Crippen molar-refractivity contribution in [1.82, 2.24) is 10.6 Å². The number of halogens is 6. The summed E-state index contributed by atoms with van der Waals surface area (Å²) in [5.41, 5.74) is 0. The van der Waals surface area contributed by atoms with Crippen molar-refractivity contribution in [3.05, 3.63) is 0 Å². The van der Waals surface area contributed by atoms with E-state index in [1.165, 1.54) is 10.6 Å². The molecule has 0 radical (unpaired) electrons. The van der Waals surface area contributed by atoms with Crippen LogP contribution >= 0.6 is 0 Å². The zero-order chi connectivity index (χ0) is 12.6. The van der Waals surface area contributed by atoms with Crippen molar-refractivity contribution in [1.29, 1.82) is 0 Å². The van der Waals surface area contributed by atoms with Gasteiger partial charge in [-0.15, -0.1) is 26.3 Å². The van der Waals surface area contributed by atoms with Crippen molar-refractivity contribution in [3.8, 4) is 0 Å². The molecule has 16 heavy (non-hydrogen) atoms. The molecule has 90 valence electrons. The van der Waals surface area contributed by atoms with E-state index in [1.807, 2.05) is 9.98 Å².